The Morgan fingerprint density at radius 1 is 1.31 bits per heavy atom. The van der Waals surface area contributed by atoms with E-state index in [1.54, 1.807) is 23.5 Å². The van der Waals surface area contributed by atoms with Crippen LogP contribution in [-0.2, 0) is 11.8 Å². The fourth-order valence-corrected chi connectivity index (χ4v) is 4.97. The van der Waals surface area contributed by atoms with Crippen LogP contribution >= 0.6 is 39.0 Å². The summed E-state index contributed by atoms with van der Waals surface area (Å²) in [5, 5.41) is 14.7. The van der Waals surface area contributed by atoms with Crippen molar-refractivity contribution >= 4 is 61.6 Å². The topological polar surface area (TPSA) is 90.0 Å². The van der Waals surface area contributed by atoms with Crippen LogP contribution in [0.15, 0.2) is 54.6 Å². The molecule has 1 amide bonds. The van der Waals surface area contributed by atoms with Gasteiger partial charge in [0.2, 0.25) is 5.91 Å². The number of carbonyl (C=O) groups excluding carboxylic acids is 1. The zero-order valence-corrected chi connectivity index (χ0v) is 18.7. The highest BCUT2D eigenvalue weighted by atomic mass is 79.9. The molecular weight excluding hydrogens is 476 g/mol. The number of benzene rings is 1. The predicted octanol–water partition coefficient (Wildman–Crippen LogP) is 4.45. The third-order valence-corrected chi connectivity index (χ3v) is 6.90. The van der Waals surface area contributed by atoms with Gasteiger partial charge < -0.3 is 14.3 Å². The number of amides is 1. The summed E-state index contributed by atoms with van der Waals surface area (Å²) in [5.74, 6) is 0.743. The fourth-order valence-electron chi connectivity index (χ4n) is 2.82. The van der Waals surface area contributed by atoms with Crippen LogP contribution in [0.5, 0.6) is 0 Å². The van der Waals surface area contributed by atoms with Gasteiger partial charge >= 0.3 is 5.63 Å². The Morgan fingerprint density at radius 3 is 2.90 bits per heavy atom. The number of nitrogens with zero attached hydrogens (tertiary/aromatic N) is 3. The molecule has 3 aromatic heterocycles. The van der Waals surface area contributed by atoms with Crippen LogP contribution in [-0.4, -0.2) is 26.4 Å². The van der Waals surface area contributed by atoms with E-state index in [9.17, 15) is 9.59 Å². The maximum absolute atomic E-state index is 12.4. The molecule has 0 aliphatic rings. The van der Waals surface area contributed by atoms with Crippen molar-refractivity contribution in [3.05, 3.63) is 56.2 Å². The molecule has 29 heavy (non-hydrogen) atoms. The second kappa shape index (κ2) is 8.13. The fraction of sp³-hybridized carbons (Fsp3) is 0.158. The van der Waals surface area contributed by atoms with Crippen molar-refractivity contribution in [2.24, 2.45) is 7.05 Å². The van der Waals surface area contributed by atoms with Crippen LogP contribution in [0, 0.1) is 6.92 Å². The van der Waals surface area contributed by atoms with Gasteiger partial charge in [-0.05, 0) is 46.6 Å². The highest BCUT2D eigenvalue weighted by molar-refractivity contribution is 9.10. The molecule has 0 fully saturated rings. The van der Waals surface area contributed by atoms with Crippen molar-refractivity contribution in [2.75, 3.05) is 11.1 Å². The second-order valence-corrected chi connectivity index (χ2v) is 9.06. The van der Waals surface area contributed by atoms with Crippen LogP contribution < -0.4 is 10.9 Å². The van der Waals surface area contributed by atoms with Crippen LogP contribution in [0.1, 0.15) is 5.56 Å². The summed E-state index contributed by atoms with van der Waals surface area (Å²) in [6.07, 6.45) is 0. The molecule has 0 aliphatic heterocycles. The van der Waals surface area contributed by atoms with Gasteiger partial charge in [-0.25, -0.2) is 4.79 Å². The van der Waals surface area contributed by atoms with E-state index < -0.39 is 5.63 Å². The van der Waals surface area contributed by atoms with E-state index in [4.69, 9.17) is 4.42 Å². The standard InChI is InChI=1S/C19H15BrN4O3S2/c1-10-5-17(26)27-14-7-12(3-4-13(10)14)21-16(25)9-29-19-23-22-18(24(19)2)15-6-11(20)8-28-15/h3-8H,9H2,1-2H3,(H,21,25). The molecule has 3 heterocycles. The van der Waals surface area contributed by atoms with E-state index >= 15 is 0 Å². The molecule has 1 N–H and O–H groups in total. The first kappa shape index (κ1) is 19.9. The molecule has 1 aromatic carbocycles. The third-order valence-electron chi connectivity index (χ3n) is 4.19. The van der Waals surface area contributed by atoms with Gasteiger partial charge in [-0.2, -0.15) is 0 Å². The van der Waals surface area contributed by atoms with Gasteiger partial charge in [-0.3, -0.25) is 4.79 Å². The second-order valence-electron chi connectivity index (χ2n) is 6.29. The number of carbonyl (C=O) groups is 1. The molecule has 4 rings (SSSR count). The van der Waals surface area contributed by atoms with E-state index in [0.29, 0.717) is 16.4 Å². The highest BCUT2D eigenvalue weighted by Crippen LogP contribution is 2.30. The van der Waals surface area contributed by atoms with Crippen molar-refractivity contribution in [3.8, 4) is 10.7 Å². The Hall–Kier alpha value is -2.43. The zero-order valence-electron chi connectivity index (χ0n) is 15.4. The average molecular weight is 491 g/mol. The maximum atomic E-state index is 12.4. The van der Waals surface area contributed by atoms with E-state index in [-0.39, 0.29) is 11.7 Å². The number of thiophene rings is 1. The molecule has 0 atom stereocenters. The molecule has 7 nitrogen and oxygen atoms in total. The van der Waals surface area contributed by atoms with Crippen LogP contribution in [0.4, 0.5) is 5.69 Å². The Labute approximate surface area is 182 Å². The minimum absolute atomic E-state index is 0.176. The lowest BCUT2D eigenvalue weighted by atomic mass is 10.1. The molecule has 4 aromatic rings. The molecule has 0 bridgehead atoms. The normalized spacial score (nSPS) is 11.1. The number of aromatic nitrogens is 3. The van der Waals surface area contributed by atoms with Gasteiger partial charge in [0.1, 0.15) is 5.58 Å². The van der Waals surface area contributed by atoms with Crippen molar-refractivity contribution in [1.29, 1.82) is 0 Å². The minimum atomic E-state index is -0.412. The third kappa shape index (κ3) is 4.29. The largest absolute Gasteiger partial charge is 0.423 e. The first-order valence-electron chi connectivity index (χ1n) is 8.51. The van der Waals surface area contributed by atoms with Gasteiger partial charge in [-0.1, -0.05) is 11.8 Å². The van der Waals surface area contributed by atoms with E-state index in [0.717, 1.165) is 26.1 Å². The minimum Gasteiger partial charge on any atom is -0.423 e. The van der Waals surface area contributed by atoms with Crippen molar-refractivity contribution in [1.82, 2.24) is 14.8 Å². The summed E-state index contributed by atoms with van der Waals surface area (Å²) >= 11 is 6.31. The quantitative estimate of drug-likeness (QED) is 0.328. The molecule has 10 heteroatoms. The Kier molecular flexibility index (Phi) is 5.57. The van der Waals surface area contributed by atoms with Crippen LogP contribution in [0.3, 0.4) is 0 Å². The number of aryl methyl sites for hydroxylation is 1. The van der Waals surface area contributed by atoms with Crippen LogP contribution in [0.25, 0.3) is 21.7 Å². The number of halogens is 1. The number of rotatable bonds is 5. The summed E-state index contributed by atoms with van der Waals surface area (Å²) in [7, 11) is 1.87. The predicted molar refractivity (Wildman–Crippen MR) is 119 cm³/mol. The maximum Gasteiger partial charge on any atom is 0.336 e. The lowest BCUT2D eigenvalue weighted by molar-refractivity contribution is -0.113. The summed E-state index contributed by atoms with van der Waals surface area (Å²) < 4.78 is 8.08. The molecule has 0 unspecified atom stereocenters. The first-order valence-corrected chi connectivity index (χ1v) is 11.2. The van der Waals surface area contributed by atoms with Crippen LogP contribution in [0.2, 0.25) is 0 Å². The SMILES string of the molecule is Cc1cc(=O)oc2cc(NC(=O)CSc3nnc(-c4cc(Br)cs4)n3C)ccc12. The van der Waals surface area contributed by atoms with E-state index in [2.05, 4.69) is 31.4 Å². The zero-order chi connectivity index (χ0) is 20.5. The molecule has 0 spiro atoms. The summed E-state index contributed by atoms with van der Waals surface area (Å²) in [4.78, 5) is 24.9. The van der Waals surface area contributed by atoms with E-state index in [1.165, 1.54) is 17.8 Å². The van der Waals surface area contributed by atoms with E-state index in [1.807, 2.05) is 36.1 Å². The number of thioether (sulfide) groups is 1. The molecule has 0 saturated carbocycles. The number of fused-ring (bicyclic) bond motifs is 1. The molecule has 0 saturated heterocycles. The Morgan fingerprint density at radius 2 is 2.14 bits per heavy atom. The summed E-state index contributed by atoms with van der Waals surface area (Å²) in [6.45, 7) is 1.85. The lowest BCUT2D eigenvalue weighted by Crippen LogP contribution is -2.14. The summed E-state index contributed by atoms with van der Waals surface area (Å²) in [5.41, 5.74) is 1.44. The lowest BCUT2D eigenvalue weighted by Gasteiger charge is -2.07. The van der Waals surface area contributed by atoms with Crippen molar-refractivity contribution < 1.29 is 9.21 Å². The Balaban J connectivity index is 1.44. The monoisotopic (exact) mass is 490 g/mol. The number of anilines is 1. The van der Waals surface area contributed by atoms with Crippen molar-refractivity contribution in [2.45, 2.75) is 12.1 Å². The first-order chi connectivity index (χ1) is 13.9. The number of hydrogen-bond donors (Lipinski definition) is 1. The summed E-state index contributed by atoms with van der Waals surface area (Å²) in [6, 6.07) is 8.69. The molecule has 148 valence electrons. The highest BCUT2D eigenvalue weighted by Gasteiger charge is 2.14. The molecular formula is C19H15BrN4O3S2. The Bertz CT molecular complexity index is 1280. The van der Waals surface area contributed by atoms with Crippen molar-refractivity contribution in [3.63, 3.8) is 0 Å². The average Bonchev–Trinajstić information content (AvgIpc) is 3.25. The number of hydrogen-bond acceptors (Lipinski definition) is 7. The van der Waals surface area contributed by atoms with Gasteiger partial charge in [0.05, 0.1) is 10.6 Å². The van der Waals surface area contributed by atoms with Gasteiger partial charge in [0, 0.05) is 40.1 Å². The molecule has 0 radical (unpaired) electrons. The smallest absolute Gasteiger partial charge is 0.336 e. The van der Waals surface area contributed by atoms with Gasteiger partial charge in [-0.15, -0.1) is 21.5 Å². The number of nitrogens with one attached hydrogen (secondary N) is 1. The van der Waals surface area contributed by atoms with Gasteiger partial charge in [0.25, 0.3) is 0 Å². The molecule has 0 aliphatic carbocycles. The van der Waals surface area contributed by atoms with Gasteiger partial charge in [0.15, 0.2) is 11.0 Å².